The number of rotatable bonds is 5. The molecule has 132 valence electrons. The third-order valence-corrected chi connectivity index (χ3v) is 3.75. The van der Waals surface area contributed by atoms with Crippen LogP contribution in [0, 0.1) is 12.7 Å². The van der Waals surface area contributed by atoms with E-state index in [-0.39, 0.29) is 24.2 Å². The Bertz CT molecular complexity index is 809. The van der Waals surface area contributed by atoms with Crippen LogP contribution in [0.1, 0.15) is 15.9 Å². The van der Waals surface area contributed by atoms with E-state index < -0.39 is 0 Å². The predicted molar refractivity (Wildman–Crippen MR) is 97.7 cm³/mol. The van der Waals surface area contributed by atoms with Gasteiger partial charge in [0, 0.05) is 30.5 Å². The monoisotopic (exact) mass is 363 g/mol. The number of amides is 2. The van der Waals surface area contributed by atoms with Gasteiger partial charge < -0.3 is 15.5 Å². The molecule has 0 spiro atoms. The molecule has 0 aliphatic rings. The minimum absolute atomic E-state index is 0.0937. The summed E-state index contributed by atoms with van der Waals surface area (Å²) in [6.07, 6.45) is 0. The van der Waals surface area contributed by atoms with Gasteiger partial charge in [-0.25, -0.2) is 4.39 Å². The number of hydrogen-bond acceptors (Lipinski definition) is 3. The molecule has 2 rings (SSSR count). The Balaban J connectivity index is 2.07. The van der Waals surface area contributed by atoms with Crippen LogP contribution in [-0.4, -0.2) is 37.4 Å². The van der Waals surface area contributed by atoms with E-state index in [1.54, 1.807) is 51.4 Å². The van der Waals surface area contributed by atoms with E-state index in [0.717, 1.165) is 0 Å². The molecule has 5 nitrogen and oxygen atoms in total. The highest BCUT2D eigenvalue weighted by Gasteiger charge is 2.14. The van der Waals surface area contributed by atoms with Crippen molar-refractivity contribution >= 4 is 34.8 Å². The summed E-state index contributed by atoms with van der Waals surface area (Å²) in [6, 6.07) is 9.25. The molecule has 0 unspecified atom stereocenters. The number of halogens is 2. The van der Waals surface area contributed by atoms with Gasteiger partial charge in [-0.2, -0.15) is 0 Å². The van der Waals surface area contributed by atoms with Gasteiger partial charge in [-0.05, 0) is 42.8 Å². The molecule has 2 aromatic carbocycles. The van der Waals surface area contributed by atoms with Crippen LogP contribution in [0.2, 0.25) is 5.02 Å². The summed E-state index contributed by atoms with van der Waals surface area (Å²) in [5.41, 5.74) is 1.73. The lowest BCUT2D eigenvalue weighted by Crippen LogP contribution is -2.25. The number of carbonyl (C=O) groups is 2. The highest BCUT2D eigenvalue weighted by Crippen LogP contribution is 2.22. The lowest BCUT2D eigenvalue weighted by atomic mass is 10.1. The number of hydrogen-bond donors (Lipinski definition) is 2. The van der Waals surface area contributed by atoms with E-state index in [4.69, 9.17) is 11.6 Å². The van der Waals surface area contributed by atoms with Gasteiger partial charge in [0.2, 0.25) is 5.91 Å². The zero-order valence-electron chi connectivity index (χ0n) is 14.2. The second-order valence-corrected chi connectivity index (χ2v) is 6.19. The van der Waals surface area contributed by atoms with Crippen molar-refractivity contribution in [1.29, 1.82) is 0 Å². The third-order valence-electron chi connectivity index (χ3n) is 3.51. The van der Waals surface area contributed by atoms with Gasteiger partial charge in [0.25, 0.3) is 5.91 Å². The molecule has 25 heavy (non-hydrogen) atoms. The first-order valence-corrected chi connectivity index (χ1v) is 7.97. The van der Waals surface area contributed by atoms with Gasteiger partial charge in [-0.1, -0.05) is 17.7 Å². The van der Waals surface area contributed by atoms with Gasteiger partial charge in [0.15, 0.2) is 0 Å². The number of benzene rings is 2. The van der Waals surface area contributed by atoms with Crippen molar-refractivity contribution in [2.45, 2.75) is 6.92 Å². The Labute approximate surface area is 150 Å². The van der Waals surface area contributed by atoms with Crippen LogP contribution in [0.25, 0.3) is 0 Å². The summed E-state index contributed by atoms with van der Waals surface area (Å²) in [5, 5.41) is 5.94. The highest BCUT2D eigenvalue weighted by molar-refractivity contribution is 6.31. The maximum Gasteiger partial charge on any atom is 0.255 e. The lowest BCUT2D eigenvalue weighted by Gasteiger charge is -2.16. The van der Waals surface area contributed by atoms with E-state index in [2.05, 4.69) is 10.6 Å². The number of aryl methyl sites for hydroxylation is 1. The van der Waals surface area contributed by atoms with Crippen LogP contribution in [-0.2, 0) is 4.79 Å². The minimum atomic E-state index is -0.389. The molecule has 0 saturated carbocycles. The molecule has 0 heterocycles. The average Bonchev–Trinajstić information content (AvgIpc) is 2.55. The molecule has 0 aliphatic carbocycles. The number of nitrogens with one attached hydrogen (secondary N) is 2. The van der Waals surface area contributed by atoms with Crippen molar-refractivity contribution in [3.8, 4) is 0 Å². The first-order chi connectivity index (χ1) is 11.8. The minimum Gasteiger partial charge on any atom is -0.375 e. The van der Waals surface area contributed by atoms with Gasteiger partial charge in [0.1, 0.15) is 5.82 Å². The molecule has 2 amide bonds. The molecule has 0 atom stereocenters. The number of anilines is 2. The SMILES string of the molecule is Cc1ccc(NC(=O)CNc2cc(Cl)ccc2C(=O)N(C)C)cc1F. The van der Waals surface area contributed by atoms with Crippen molar-refractivity contribution in [1.82, 2.24) is 4.90 Å². The molecule has 0 saturated heterocycles. The van der Waals surface area contributed by atoms with E-state index in [1.165, 1.54) is 11.0 Å². The Morgan fingerprint density at radius 1 is 1.16 bits per heavy atom. The predicted octanol–water partition coefficient (Wildman–Crippen LogP) is 3.54. The average molecular weight is 364 g/mol. The van der Waals surface area contributed by atoms with Gasteiger partial charge >= 0.3 is 0 Å². The first-order valence-electron chi connectivity index (χ1n) is 7.59. The van der Waals surface area contributed by atoms with Crippen LogP contribution in [0.3, 0.4) is 0 Å². The van der Waals surface area contributed by atoms with Crippen molar-refractivity contribution in [3.05, 3.63) is 58.4 Å². The Morgan fingerprint density at radius 3 is 2.52 bits per heavy atom. The summed E-state index contributed by atoms with van der Waals surface area (Å²) >= 11 is 5.97. The zero-order valence-corrected chi connectivity index (χ0v) is 14.9. The summed E-state index contributed by atoms with van der Waals surface area (Å²) in [7, 11) is 3.28. The molecule has 7 heteroatoms. The van der Waals surface area contributed by atoms with Crippen LogP contribution in [0.4, 0.5) is 15.8 Å². The maximum atomic E-state index is 13.5. The van der Waals surface area contributed by atoms with Crippen LogP contribution < -0.4 is 10.6 Å². The smallest absolute Gasteiger partial charge is 0.255 e. The van der Waals surface area contributed by atoms with Crippen molar-refractivity contribution in [3.63, 3.8) is 0 Å². The summed E-state index contributed by atoms with van der Waals surface area (Å²) in [4.78, 5) is 25.7. The second kappa shape index (κ2) is 7.98. The summed E-state index contributed by atoms with van der Waals surface area (Å²) in [6.45, 7) is 1.55. The molecular weight excluding hydrogens is 345 g/mol. The Hall–Kier alpha value is -2.60. The quantitative estimate of drug-likeness (QED) is 0.854. The molecule has 0 aromatic heterocycles. The molecule has 2 N–H and O–H groups in total. The van der Waals surface area contributed by atoms with Crippen molar-refractivity contribution in [2.24, 2.45) is 0 Å². The largest absolute Gasteiger partial charge is 0.375 e. The van der Waals surface area contributed by atoms with E-state index >= 15 is 0 Å². The normalized spacial score (nSPS) is 10.3. The molecule has 0 radical (unpaired) electrons. The van der Waals surface area contributed by atoms with E-state index in [9.17, 15) is 14.0 Å². The topological polar surface area (TPSA) is 61.4 Å². The van der Waals surface area contributed by atoms with Gasteiger partial charge in [-0.3, -0.25) is 9.59 Å². The molecule has 0 bridgehead atoms. The standard InChI is InChI=1S/C18H19ClFN3O2/c1-11-4-6-13(9-15(11)20)22-17(24)10-21-16-8-12(19)5-7-14(16)18(25)23(2)3/h4-9,21H,10H2,1-3H3,(H,22,24). The second-order valence-electron chi connectivity index (χ2n) is 5.76. The molecule has 0 aliphatic heterocycles. The maximum absolute atomic E-state index is 13.5. The molecular formula is C18H19ClFN3O2. The molecule has 2 aromatic rings. The summed E-state index contributed by atoms with van der Waals surface area (Å²) in [5.74, 6) is -0.967. The third kappa shape index (κ3) is 4.93. The van der Waals surface area contributed by atoms with Gasteiger partial charge in [0.05, 0.1) is 12.1 Å². The zero-order chi connectivity index (χ0) is 18.6. The lowest BCUT2D eigenvalue weighted by molar-refractivity contribution is -0.114. The Morgan fingerprint density at radius 2 is 1.88 bits per heavy atom. The molecule has 0 fully saturated rings. The fourth-order valence-corrected chi connectivity index (χ4v) is 2.31. The van der Waals surface area contributed by atoms with E-state index in [0.29, 0.717) is 27.5 Å². The van der Waals surface area contributed by atoms with E-state index in [1.807, 2.05) is 0 Å². The van der Waals surface area contributed by atoms with Crippen LogP contribution in [0.5, 0.6) is 0 Å². The highest BCUT2D eigenvalue weighted by atomic mass is 35.5. The Kier molecular flexibility index (Phi) is 5.98. The van der Waals surface area contributed by atoms with Gasteiger partial charge in [-0.15, -0.1) is 0 Å². The van der Waals surface area contributed by atoms with Crippen LogP contribution >= 0.6 is 11.6 Å². The first kappa shape index (κ1) is 18.7. The van der Waals surface area contributed by atoms with Crippen molar-refractivity contribution < 1.29 is 14.0 Å². The summed E-state index contributed by atoms with van der Waals surface area (Å²) < 4.78 is 13.5. The van der Waals surface area contributed by atoms with Crippen LogP contribution in [0.15, 0.2) is 36.4 Å². The number of nitrogens with zero attached hydrogens (tertiary/aromatic N) is 1. The fraction of sp³-hybridized carbons (Fsp3) is 0.222. The fourth-order valence-electron chi connectivity index (χ4n) is 2.14. The van der Waals surface area contributed by atoms with Crippen molar-refractivity contribution in [2.75, 3.05) is 31.3 Å². The number of carbonyl (C=O) groups excluding carboxylic acids is 2.